The first kappa shape index (κ1) is 25.2. The van der Waals surface area contributed by atoms with Crippen molar-refractivity contribution in [2.24, 2.45) is 11.7 Å². The van der Waals surface area contributed by atoms with Crippen molar-refractivity contribution in [3.8, 4) is 0 Å². The number of aryl methyl sites for hydroxylation is 1. The minimum absolute atomic E-state index is 0.0231. The quantitative estimate of drug-likeness (QED) is 0.501. The highest BCUT2D eigenvalue weighted by Gasteiger charge is 2.41. The minimum Gasteiger partial charge on any atom is -0.395 e. The smallest absolute Gasteiger partial charge is 0.223 e. The Kier molecular flexibility index (Phi) is 7.09. The lowest BCUT2D eigenvalue weighted by Gasteiger charge is -2.43. The second kappa shape index (κ2) is 10.1. The molecule has 0 radical (unpaired) electrons. The van der Waals surface area contributed by atoms with Crippen LogP contribution in [-0.2, 0) is 4.79 Å². The molecule has 1 aromatic carbocycles. The van der Waals surface area contributed by atoms with Gasteiger partial charge in [0.1, 0.15) is 11.3 Å². The number of aromatic nitrogens is 4. The van der Waals surface area contributed by atoms with Crippen molar-refractivity contribution >= 4 is 46.1 Å². The van der Waals surface area contributed by atoms with E-state index < -0.39 is 0 Å². The third-order valence-corrected chi connectivity index (χ3v) is 8.23. The number of primary amides is 1. The molecule has 0 spiro atoms. The van der Waals surface area contributed by atoms with Crippen LogP contribution in [0, 0.1) is 12.8 Å². The second-order valence-corrected chi connectivity index (χ2v) is 10.6. The summed E-state index contributed by atoms with van der Waals surface area (Å²) in [6.07, 6.45) is 4.48. The minimum atomic E-state index is -0.359. The van der Waals surface area contributed by atoms with Gasteiger partial charge in [-0.25, -0.2) is 14.6 Å². The van der Waals surface area contributed by atoms with E-state index in [0.29, 0.717) is 28.1 Å². The molecule has 1 amide bonds. The third kappa shape index (κ3) is 4.53. The van der Waals surface area contributed by atoms with Crippen LogP contribution in [0.1, 0.15) is 43.5 Å². The summed E-state index contributed by atoms with van der Waals surface area (Å²) in [6.45, 7) is 6.08. The number of aliphatic hydroxyl groups is 1. The molecular formula is C25H31Cl2N7O2. The van der Waals surface area contributed by atoms with E-state index >= 15 is 0 Å². The highest BCUT2D eigenvalue weighted by atomic mass is 35.5. The number of piperidine rings is 1. The molecule has 2 saturated heterocycles. The molecule has 2 fully saturated rings. The Labute approximate surface area is 220 Å². The van der Waals surface area contributed by atoms with Crippen LogP contribution in [0.5, 0.6) is 0 Å². The number of halogens is 2. The molecule has 2 aliphatic rings. The zero-order valence-electron chi connectivity index (χ0n) is 20.4. The summed E-state index contributed by atoms with van der Waals surface area (Å²) >= 11 is 12.6. The Bertz CT molecular complexity index is 1280. The van der Waals surface area contributed by atoms with Crippen LogP contribution in [0.2, 0.25) is 10.0 Å². The highest BCUT2D eigenvalue weighted by molar-refractivity contribution is 6.35. The topological polar surface area (TPSA) is 113 Å². The Hall–Kier alpha value is -2.46. The van der Waals surface area contributed by atoms with Gasteiger partial charge in [-0.05, 0) is 57.4 Å². The number of rotatable bonds is 6. The van der Waals surface area contributed by atoms with Gasteiger partial charge in [-0.2, -0.15) is 5.10 Å². The van der Waals surface area contributed by atoms with Gasteiger partial charge in [0.25, 0.3) is 0 Å². The summed E-state index contributed by atoms with van der Waals surface area (Å²) < 4.78 is 1.84. The highest BCUT2D eigenvalue weighted by Crippen LogP contribution is 2.33. The zero-order chi connectivity index (χ0) is 25.6. The van der Waals surface area contributed by atoms with Crippen LogP contribution in [-0.4, -0.2) is 74.0 Å². The molecule has 2 aliphatic heterocycles. The molecule has 2 aromatic heterocycles. The summed E-state index contributed by atoms with van der Waals surface area (Å²) in [5.41, 5.74) is 8.91. The average Bonchev–Trinajstić information content (AvgIpc) is 3.47. The van der Waals surface area contributed by atoms with Gasteiger partial charge in [0.2, 0.25) is 5.91 Å². The van der Waals surface area contributed by atoms with Gasteiger partial charge in [-0.1, -0.05) is 29.3 Å². The largest absolute Gasteiger partial charge is 0.395 e. The normalized spacial score (nSPS) is 23.9. The maximum Gasteiger partial charge on any atom is 0.223 e. The van der Waals surface area contributed by atoms with Crippen molar-refractivity contribution < 1.29 is 9.90 Å². The number of aliphatic hydroxyl groups excluding tert-OH is 1. The fraction of sp³-hybridized carbons (Fsp3) is 0.520. The molecule has 192 valence electrons. The third-order valence-electron chi connectivity index (χ3n) is 7.66. The van der Waals surface area contributed by atoms with Crippen LogP contribution in [0.3, 0.4) is 0 Å². The van der Waals surface area contributed by atoms with Crippen LogP contribution in [0.4, 0.5) is 5.82 Å². The lowest BCUT2D eigenvalue weighted by atomic mass is 9.89. The average molecular weight is 532 g/mol. The number of carbonyl (C=O) groups is 1. The first-order valence-corrected chi connectivity index (χ1v) is 13.1. The van der Waals surface area contributed by atoms with Gasteiger partial charge >= 0.3 is 0 Å². The number of fused-ring (bicyclic) bond motifs is 1. The van der Waals surface area contributed by atoms with Crippen LogP contribution < -0.4 is 10.6 Å². The predicted octanol–water partition coefficient (Wildman–Crippen LogP) is 3.19. The molecule has 9 nitrogen and oxygen atoms in total. The van der Waals surface area contributed by atoms with Crippen LogP contribution in [0.15, 0.2) is 24.4 Å². The Morgan fingerprint density at radius 1 is 1.28 bits per heavy atom. The molecule has 0 aliphatic carbocycles. The molecule has 11 heteroatoms. The van der Waals surface area contributed by atoms with Crippen molar-refractivity contribution in [1.29, 1.82) is 0 Å². The number of likely N-dealkylation sites (tertiary alicyclic amines) is 1. The van der Waals surface area contributed by atoms with E-state index in [1.54, 1.807) is 12.3 Å². The monoisotopic (exact) mass is 531 g/mol. The van der Waals surface area contributed by atoms with Crippen molar-refractivity contribution in [2.45, 2.75) is 51.2 Å². The number of hydrogen-bond donors (Lipinski definition) is 2. The molecule has 5 rings (SSSR count). The predicted molar refractivity (Wildman–Crippen MR) is 140 cm³/mol. The summed E-state index contributed by atoms with van der Waals surface area (Å²) in [7, 11) is 0. The van der Waals surface area contributed by atoms with Crippen molar-refractivity contribution in [3.63, 3.8) is 0 Å². The Morgan fingerprint density at radius 3 is 2.81 bits per heavy atom. The second-order valence-electron chi connectivity index (χ2n) is 9.80. The summed E-state index contributed by atoms with van der Waals surface area (Å²) in [6, 6.07) is 5.36. The maximum absolute atomic E-state index is 12.5. The number of nitrogens with zero attached hydrogens (tertiary/aromatic N) is 6. The molecule has 3 N–H and O–H groups in total. The summed E-state index contributed by atoms with van der Waals surface area (Å²) in [4.78, 5) is 26.5. The lowest BCUT2D eigenvalue weighted by molar-refractivity contribution is -0.124. The first-order chi connectivity index (χ1) is 17.3. The number of carbonyl (C=O) groups excluding carboxylic acids is 1. The molecular weight excluding hydrogens is 501 g/mol. The molecule has 3 aromatic rings. The van der Waals surface area contributed by atoms with Gasteiger partial charge in [-0.3, -0.25) is 9.69 Å². The van der Waals surface area contributed by atoms with Gasteiger partial charge in [-0.15, -0.1) is 0 Å². The molecule has 4 atom stereocenters. The molecule has 4 heterocycles. The van der Waals surface area contributed by atoms with Crippen molar-refractivity contribution in [3.05, 3.63) is 45.7 Å². The number of benzene rings is 1. The maximum atomic E-state index is 12.5. The number of hydrogen-bond acceptors (Lipinski definition) is 7. The Balaban J connectivity index is 1.45. The molecule has 0 bridgehead atoms. The van der Waals surface area contributed by atoms with Gasteiger partial charge in [0.05, 0.1) is 30.5 Å². The number of nitrogens with two attached hydrogens (primary N) is 1. The van der Waals surface area contributed by atoms with E-state index in [2.05, 4.69) is 14.8 Å². The van der Waals surface area contributed by atoms with Gasteiger partial charge in [0, 0.05) is 35.2 Å². The van der Waals surface area contributed by atoms with E-state index in [-0.39, 0.29) is 36.6 Å². The standard InChI is InChI=1S/C25H31Cl2N7O2/c1-14-23-25(34(31-14)15(2)18-6-5-16(26)10-20(18)27)30-22(11-29-23)32-9-7-21(19(12-32)24(28)36)33-8-3-4-17(33)13-35/h5-6,10-11,15,17,19,21,35H,3-4,7-9,12-13H2,1-2H3,(H2,28,36)/t15?,17?,19-,21+/m1/s1. The van der Waals surface area contributed by atoms with E-state index in [1.807, 2.05) is 30.7 Å². The van der Waals surface area contributed by atoms with E-state index in [1.165, 1.54) is 0 Å². The summed E-state index contributed by atoms with van der Waals surface area (Å²) in [5, 5.41) is 15.7. The first-order valence-electron chi connectivity index (χ1n) is 12.4. The van der Waals surface area contributed by atoms with Crippen molar-refractivity contribution in [1.82, 2.24) is 24.6 Å². The SMILES string of the molecule is Cc1nn(C(C)c2ccc(Cl)cc2Cl)c2nc(N3CC[C@H](N4CCCC4CO)[C@H](C(N)=O)C3)cnc12. The van der Waals surface area contributed by atoms with E-state index in [0.717, 1.165) is 49.1 Å². The van der Waals surface area contributed by atoms with Crippen LogP contribution >= 0.6 is 23.2 Å². The van der Waals surface area contributed by atoms with Crippen LogP contribution in [0.25, 0.3) is 11.2 Å². The Morgan fingerprint density at radius 2 is 2.08 bits per heavy atom. The molecule has 2 unspecified atom stereocenters. The number of anilines is 1. The van der Waals surface area contributed by atoms with Gasteiger partial charge in [0.15, 0.2) is 5.65 Å². The van der Waals surface area contributed by atoms with Crippen molar-refractivity contribution in [2.75, 3.05) is 31.1 Å². The molecule has 36 heavy (non-hydrogen) atoms. The zero-order valence-corrected chi connectivity index (χ0v) is 22.0. The summed E-state index contributed by atoms with van der Waals surface area (Å²) in [5.74, 6) is -0.000981. The fourth-order valence-corrected chi connectivity index (χ4v) is 6.32. The fourth-order valence-electron chi connectivity index (χ4n) is 5.75. The number of amides is 1. The van der Waals surface area contributed by atoms with Gasteiger partial charge < -0.3 is 15.7 Å². The van der Waals surface area contributed by atoms with E-state index in [4.69, 9.17) is 39.0 Å². The van der Waals surface area contributed by atoms with E-state index in [9.17, 15) is 9.90 Å². The molecule has 0 saturated carbocycles. The lowest BCUT2D eigenvalue weighted by Crippen LogP contribution is -2.57.